The molecule has 2 aromatic rings. The van der Waals surface area contributed by atoms with Crippen LogP contribution in [0, 0.1) is 6.92 Å². The van der Waals surface area contributed by atoms with E-state index >= 15 is 0 Å². The van der Waals surface area contributed by atoms with Gasteiger partial charge in [-0.05, 0) is 49.7 Å². The topological polar surface area (TPSA) is 42.4 Å². The minimum Gasteiger partial charge on any atom is -0.464 e. The lowest BCUT2D eigenvalue weighted by Gasteiger charge is -2.19. The first-order valence-electron chi connectivity index (χ1n) is 6.35. The van der Waals surface area contributed by atoms with Crippen molar-refractivity contribution in [1.82, 2.24) is 0 Å². The number of halogens is 1. The maximum absolute atomic E-state index is 6.25. The molecule has 0 saturated carbocycles. The standard InChI is InChI=1S/C15H19ClN2O/c1-11-3-6-14(19-11)10-18(2)13-5-4-12(7-8-17)15(16)9-13/h3-6,9H,7-8,10,17H2,1-2H3. The van der Waals surface area contributed by atoms with Crippen LogP contribution in [0.2, 0.25) is 5.02 Å². The Bertz CT molecular complexity index is 551. The summed E-state index contributed by atoms with van der Waals surface area (Å²) in [6.45, 7) is 3.28. The van der Waals surface area contributed by atoms with Gasteiger partial charge in [0.05, 0.1) is 6.54 Å². The highest BCUT2D eigenvalue weighted by Gasteiger charge is 2.07. The van der Waals surface area contributed by atoms with E-state index in [1.165, 1.54) is 0 Å². The summed E-state index contributed by atoms with van der Waals surface area (Å²) < 4.78 is 5.58. The van der Waals surface area contributed by atoms with E-state index < -0.39 is 0 Å². The maximum atomic E-state index is 6.25. The van der Waals surface area contributed by atoms with Crippen molar-refractivity contribution >= 4 is 17.3 Å². The number of benzene rings is 1. The lowest BCUT2D eigenvalue weighted by atomic mass is 10.1. The molecule has 4 heteroatoms. The summed E-state index contributed by atoms with van der Waals surface area (Å²) in [5.41, 5.74) is 7.71. The van der Waals surface area contributed by atoms with Gasteiger partial charge in [-0.3, -0.25) is 0 Å². The van der Waals surface area contributed by atoms with E-state index in [2.05, 4.69) is 11.0 Å². The third-order valence-electron chi connectivity index (χ3n) is 3.08. The third kappa shape index (κ3) is 3.52. The van der Waals surface area contributed by atoms with E-state index in [0.717, 1.165) is 40.8 Å². The van der Waals surface area contributed by atoms with Crippen LogP contribution in [0.4, 0.5) is 5.69 Å². The van der Waals surface area contributed by atoms with Crippen LogP contribution in [0.5, 0.6) is 0 Å². The molecule has 0 spiro atoms. The first kappa shape index (κ1) is 14.0. The van der Waals surface area contributed by atoms with Crippen LogP contribution in [0.3, 0.4) is 0 Å². The molecule has 1 aromatic carbocycles. The van der Waals surface area contributed by atoms with Crippen LogP contribution in [0.25, 0.3) is 0 Å². The summed E-state index contributed by atoms with van der Waals surface area (Å²) in [6.07, 6.45) is 0.806. The second-order valence-electron chi connectivity index (χ2n) is 4.68. The molecule has 1 heterocycles. The maximum Gasteiger partial charge on any atom is 0.123 e. The Kier molecular flexibility index (Phi) is 4.51. The molecule has 2 N–H and O–H groups in total. The van der Waals surface area contributed by atoms with Crippen LogP contribution < -0.4 is 10.6 Å². The van der Waals surface area contributed by atoms with Crippen molar-refractivity contribution in [2.45, 2.75) is 19.9 Å². The van der Waals surface area contributed by atoms with Crippen molar-refractivity contribution in [2.75, 3.05) is 18.5 Å². The molecule has 0 amide bonds. The van der Waals surface area contributed by atoms with Gasteiger partial charge in [0.2, 0.25) is 0 Å². The fraction of sp³-hybridized carbons (Fsp3) is 0.333. The monoisotopic (exact) mass is 278 g/mol. The first-order chi connectivity index (χ1) is 9.10. The number of nitrogens with zero attached hydrogens (tertiary/aromatic N) is 1. The van der Waals surface area contributed by atoms with Crippen molar-refractivity contribution in [3.63, 3.8) is 0 Å². The minimum atomic E-state index is 0.612. The average Bonchev–Trinajstić information content (AvgIpc) is 2.77. The van der Waals surface area contributed by atoms with Gasteiger partial charge < -0.3 is 15.1 Å². The Balaban J connectivity index is 2.10. The van der Waals surface area contributed by atoms with Gasteiger partial charge in [0.1, 0.15) is 11.5 Å². The summed E-state index contributed by atoms with van der Waals surface area (Å²) in [4.78, 5) is 2.11. The molecule has 1 aromatic heterocycles. The molecule has 0 saturated heterocycles. The quantitative estimate of drug-likeness (QED) is 0.912. The molecular formula is C15H19ClN2O. The molecule has 0 unspecified atom stereocenters. The number of rotatable bonds is 5. The molecular weight excluding hydrogens is 260 g/mol. The van der Waals surface area contributed by atoms with Crippen LogP contribution in [0.1, 0.15) is 17.1 Å². The second kappa shape index (κ2) is 6.13. The van der Waals surface area contributed by atoms with Gasteiger partial charge in [-0.25, -0.2) is 0 Å². The molecule has 102 valence electrons. The fourth-order valence-corrected chi connectivity index (χ4v) is 2.30. The van der Waals surface area contributed by atoms with E-state index in [1.54, 1.807) is 0 Å². The van der Waals surface area contributed by atoms with Crippen LogP contribution in [-0.4, -0.2) is 13.6 Å². The summed E-state index contributed by atoms with van der Waals surface area (Å²) >= 11 is 6.25. The second-order valence-corrected chi connectivity index (χ2v) is 5.09. The van der Waals surface area contributed by atoms with Crippen molar-refractivity contribution < 1.29 is 4.42 Å². The number of nitrogens with two attached hydrogens (primary N) is 1. The number of anilines is 1. The number of hydrogen-bond donors (Lipinski definition) is 1. The number of furan rings is 1. The highest BCUT2D eigenvalue weighted by molar-refractivity contribution is 6.31. The Hall–Kier alpha value is -1.45. The lowest BCUT2D eigenvalue weighted by molar-refractivity contribution is 0.482. The largest absolute Gasteiger partial charge is 0.464 e. The fourth-order valence-electron chi connectivity index (χ4n) is 2.03. The van der Waals surface area contributed by atoms with E-state index in [0.29, 0.717) is 6.54 Å². The Morgan fingerprint density at radius 1 is 1.26 bits per heavy atom. The molecule has 0 bridgehead atoms. The highest BCUT2D eigenvalue weighted by Crippen LogP contribution is 2.24. The van der Waals surface area contributed by atoms with Gasteiger partial charge in [-0.1, -0.05) is 17.7 Å². The van der Waals surface area contributed by atoms with Gasteiger partial charge in [0, 0.05) is 17.8 Å². The van der Waals surface area contributed by atoms with Gasteiger partial charge >= 0.3 is 0 Å². The van der Waals surface area contributed by atoms with Gasteiger partial charge in [-0.2, -0.15) is 0 Å². The molecule has 0 fully saturated rings. The first-order valence-corrected chi connectivity index (χ1v) is 6.73. The van der Waals surface area contributed by atoms with Crippen molar-refractivity contribution in [3.05, 3.63) is 52.4 Å². The predicted octanol–water partition coefficient (Wildman–Crippen LogP) is 3.38. The van der Waals surface area contributed by atoms with Gasteiger partial charge in [-0.15, -0.1) is 0 Å². The normalized spacial score (nSPS) is 10.7. The van der Waals surface area contributed by atoms with Crippen molar-refractivity contribution in [2.24, 2.45) is 5.73 Å². The SMILES string of the molecule is Cc1ccc(CN(C)c2ccc(CCN)c(Cl)c2)o1. The molecule has 2 rings (SSSR count). The molecule has 0 radical (unpaired) electrons. The summed E-state index contributed by atoms with van der Waals surface area (Å²) in [5.74, 6) is 1.88. The van der Waals surface area contributed by atoms with Crippen molar-refractivity contribution in [3.8, 4) is 0 Å². The Morgan fingerprint density at radius 2 is 2.05 bits per heavy atom. The average molecular weight is 279 g/mol. The van der Waals surface area contributed by atoms with E-state index in [4.69, 9.17) is 21.8 Å². The highest BCUT2D eigenvalue weighted by atomic mass is 35.5. The molecule has 0 atom stereocenters. The number of aryl methyl sites for hydroxylation is 1. The molecule has 0 aliphatic rings. The van der Waals surface area contributed by atoms with Crippen molar-refractivity contribution in [1.29, 1.82) is 0 Å². The summed E-state index contributed by atoms with van der Waals surface area (Å²) in [6, 6.07) is 10.0. The molecule has 19 heavy (non-hydrogen) atoms. The molecule has 0 aliphatic carbocycles. The van der Waals surface area contributed by atoms with Gasteiger partial charge in [0.25, 0.3) is 0 Å². The smallest absolute Gasteiger partial charge is 0.123 e. The Morgan fingerprint density at radius 3 is 2.63 bits per heavy atom. The van der Waals surface area contributed by atoms with Gasteiger partial charge in [0.15, 0.2) is 0 Å². The van der Waals surface area contributed by atoms with E-state index in [1.807, 2.05) is 38.2 Å². The Labute approximate surface area is 119 Å². The summed E-state index contributed by atoms with van der Waals surface area (Å²) in [5, 5.41) is 0.769. The number of hydrogen-bond acceptors (Lipinski definition) is 3. The molecule has 3 nitrogen and oxygen atoms in total. The third-order valence-corrected chi connectivity index (χ3v) is 3.43. The van der Waals surface area contributed by atoms with Crippen LogP contribution in [-0.2, 0) is 13.0 Å². The van der Waals surface area contributed by atoms with E-state index in [-0.39, 0.29) is 0 Å². The lowest BCUT2D eigenvalue weighted by Crippen LogP contribution is -2.16. The summed E-state index contributed by atoms with van der Waals surface area (Å²) in [7, 11) is 2.02. The zero-order chi connectivity index (χ0) is 13.8. The van der Waals surface area contributed by atoms with Crippen LogP contribution in [0.15, 0.2) is 34.7 Å². The van der Waals surface area contributed by atoms with E-state index in [9.17, 15) is 0 Å². The zero-order valence-corrected chi connectivity index (χ0v) is 12.1. The zero-order valence-electron chi connectivity index (χ0n) is 11.3. The predicted molar refractivity (Wildman–Crippen MR) is 79.8 cm³/mol. The van der Waals surface area contributed by atoms with Crippen LogP contribution >= 0.6 is 11.6 Å². The minimum absolute atomic E-state index is 0.612. The molecule has 0 aliphatic heterocycles.